The third-order valence-corrected chi connectivity index (χ3v) is 10.6. The van der Waals surface area contributed by atoms with Crippen LogP contribution in [0.4, 0.5) is 0 Å². The average Bonchev–Trinajstić information content (AvgIpc) is 3.83. The number of amidine groups is 2. The molecule has 5 nitrogen and oxygen atoms in total. The molecule has 8 aromatic carbocycles. The molecular weight excluding hydrogens is 663 g/mol. The molecule has 0 spiro atoms. The second-order valence-corrected chi connectivity index (χ2v) is 13.7. The lowest BCUT2D eigenvalue weighted by molar-refractivity contribution is 0.663. The minimum Gasteiger partial charge on any atom is -0.456 e. The van der Waals surface area contributed by atoms with Gasteiger partial charge in [-0.3, -0.25) is 0 Å². The van der Waals surface area contributed by atoms with Crippen LogP contribution in [0.2, 0.25) is 0 Å². The number of para-hydroxylation sites is 2. The molecule has 2 aromatic heterocycles. The second-order valence-electron chi connectivity index (χ2n) is 13.7. The van der Waals surface area contributed by atoms with Gasteiger partial charge in [-0.05, 0) is 51.7 Å². The van der Waals surface area contributed by atoms with Crippen molar-refractivity contribution in [1.82, 2.24) is 5.32 Å². The first-order chi connectivity index (χ1) is 26.7. The molecule has 0 saturated heterocycles. The molecule has 1 aliphatic heterocycles. The number of rotatable bonds is 5. The number of benzene rings is 8. The Hall–Kier alpha value is -7.24. The van der Waals surface area contributed by atoms with E-state index < -0.39 is 6.17 Å². The number of fused-ring (bicyclic) bond motifs is 7. The van der Waals surface area contributed by atoms with Crippen LogP contribution in [0.3, 0.4) is 0 Å². The summed E-state index contributed by atoms with van der Waals surface area (Å²) in [6, 6.07) is 60.9. The van der Waals surface area contributed by atoms with Gasteiger partial charge in [-0.15, -0.1) is 0 Å². The Morgan fingerprint density at radius 1 is 0.444 bits per heavy atom. The molecule has 1 N–H and O–H groups in total. The Morgan fingerprint density at radius 2 is 1.09 bits per heavy atom. The third-order valence-electron chi connectivity index (χ3n) is 10.6. The van der Waals surface area contributed by atoms with Crippen molar-refractivity contribution in [2.24, 2.45) is 9.98 Å². The highest BCUT2D eigenvalue weighted by Crippen LogP contribution is 2.43. The van der Waals surface area contributed by atoms with Crippen molar-refractivity contribution in [1.29, 1.82) is 0 Å². The van der Waals surface area contributed by atoms with E-state index in [1.165, 1.54) is 10.9 Å². The maximum absolute atomic E-state index is 6.80. The molecule has 254 valence electrons. The van der Waals surface area contributed by atoms with Crippen LogP contribution in [0.15, 0.2) is 195 Å². The van der Waals surface area contributed by atoms with Crippen LogP contribution in [0.25, 0.3) is 76.9 Å². The van der Waals surface area contributed by atoms with Gasteiger partial charge in [0.05, 0.1) is 0 Å². The van der Waals surface area contributed by atoms with E-state index in [1.807, 2.05) is 30.3 Å². The van der Waals surface area contributed by atoms with E-state index in [2.05, 4.69) is 151 Å². The van der Waals surface area contributed by atoms with Gasteiger partial charge in [-0.2, -0.15) is 0 Å². The van der Waals surface area contributed by atoms with E-state index in [1.54, 1.807) is 0 Å². The number of nitrogens with zero attached hydrogens (tertiary/aromatic N) is 2. The fourth-order valence-electron chi connectivity index (χ4n) is 7.98. The normalized spacial score (nSPS) is 14.5. The molecule has 1 unspecified atom stereocenters. The monoisotopic (exact) mass is 693 g/mol. The predicted octanol–water partition coefficient (Wildman–Crippen LogP) is 12.5. The maximum atomic E-state index is 6.80. The Kier molecular flexibility index (Phi) is 6.85. The van der Waals surface area contributed by atoms with Gasteiger partial charge in [0, 0.05) is 43.8 Å². The Bertz CT molecular complexity index is 3130. The van der Waals surface area contributed by atoms with Crippen molar-refractivity contribution in [3.63, 3.8) is 0 Å². The van der Waals surface area contributed by atoms with Gasteiger partial charge in [-0.1, -0.05) is 152 Å². The molecule has 0 bridgehead atoms. The summed E-state index contributed by atoms with van der Waals surface area (Å²) < 4.78 is 13.1. The number of furan rings is 2. The van der Waals surface area contributed by atoms with E-state index in [0.717, 1.165) is 88.5 Å². The fraction of sp³-hybridized carbons (Fsp3) is 0.0204. The first-order valence-electron chi connectivity index (χ1n) is 18.2. The van der Waals surface area contributed by atoms with Crippen LogP contribution < -0.4 is 5.32 Å². The number of nitrogens with one attached hydrogen (secondary N) is 1. The van der Waals surface area contributed by atoms with Gasteiger partial charge in [0.2, 0.25) is 0 Å². The summed E-state index contributed by atoms with van der Waals surface area (Å²) in [4.78, 5) is 10.5. The lowest BCUT2D eigenvalue weighted by Gasteiger charge is -2.24. The lowest BCUT2D eigenvalue weighted by atomic mass is 9.96. The Labute approximate surface area is 310 Å². The van der Waals surface area contributed by atoms with Gasteiger partial charge >= 0.3 is 0 Å². The summed E-state index contributed by atoms with van der Waals surface area (Å²) in [7, 11) is 0. The summed E-state index contributed by atoms with van der Waals surface area (Å²) in [6.07, 6.45) is -0.429. The van der Waals surface area contributed by atoms with Crippen LogP contribution in [-0.4, -0.2) is 11.7 Å². The molecule has 0 amide bonds. The number of hydrogen-bond donors (Lipinski definition) is 1. The smallest absolute Gasteiger partial charge is 0.159 e. The van der Waals surface area contributed by atoms with E-state index in [4.69, 9.17) is 18.8 Å². The van der Waals surface area contributed by atoms with Crippen LogP contribution in [0.1, 0.15) is 22.9 Å². The molecule has 3 heterocycles. The molecule has 0 saturated carbocycles. The first-order valence-corrected chi connectivity index (χ1v) is 18.2. The molecule has 5 heteroatoms. The van der Waals surface area contributed by atoms with Crippen LogP contribution in [0.5, 0.6) is 0 Å². The van der Waals surface area contributed by atoms with E-state index in [0.29, 0.717) is 5.84 Å². The number of hydrogen-bond acceptors (Lipinski definition) is 5. The highest BCUT2D eigenvalue weighted by molar-refractivity contribution is 6.18. The van der Waals surface area contributed by atoms with Crippen molar-refractivity contribution in [3.05, 3.63) is 193 Å². The zero-order valence-electron chi connectivity index (χ0n) is 29.0. The zero-order chi connectivity index (χ0) is 35.6. The highest BCUT2D eigenvalue weighted by Gasteiger charge is 2.26. The fourth-order valence-corrected chi connectivity index (χ4v) is 7.98. The van der Waals surface area contributed by atoms with Crippen molar-refractivity contribution in [3.8, 4) is 22.3 Å². The highest BCUT2D eigenvalue weighted by atomic mass is 16.3. The largest absolute Gasteiger partial charge is 0.456 e. The third kappa shape index (κ3) is 4.94. The van der Waals surface area contributed by atoms with Crippen LogP contribution in [0, 0.1) is 0 Å². The molecule has 54 heavy (non-hydrogen) atoms. The van der Waals surface area contributed by atoms with Gasteiger partial charge in [0.25, 0.3) is 0 Å². The molecule has 0 aliphatic carbocycles. The summed E-state index contributed by atoms with van der Waals surface area (Å²) >= 11 is 0. The second kappa shape index (κ2) is 12.2. The lowest BCUT2D eigenvalue weighted by Crippen LogP contribution is -2.33. The molecule has 1 aliphatic rings. The van der Waals surface area contributed by atoms with E-state index in [-0.39, 0.29) is 0 Å². The van der Waals surface area contributed by atoms with Crippen molar-refractivity contribution in [2.75, 3.05) is 0 Å². The summed E-state index contributed by atoms with van der Waals surface area (Å²) in [5, 5.41) is 10.3. The SMILES string of the molecule is c1ccc(-c2ccc(C3=NC(c4ccc5ccccc5c4)=NC(c4cccc5oc6c(-c7cccc8oc9ccccc9c78)cccc6c45)N3)cc2)cc1. The summed E-state index contributed by atoms with van der Waals surface area (Å²) in [5.41, 5.74) is 10.7. The zero-order valence-corrected chi connectivity index (χ0v) is 29.0. The van der Waals surface area contributed by atoms with E-state index in [9.17, 15) is 0 Å². The molecule has 0 radical (unpaired) electrons. The summed E-state index contributed by atoms with van der Waals surface area (Å²) in [5.74, 6) is 1.44. The van der Waals surface area contributed by atoms with Crippen molar-refractivity contribution >= 4 is 66.3 Å². The van der Waals surface area contributed by atoms with Crippen LogP contribution in [-0.2, 0) is 0 Å². The molecule has 10 aromatic rings. The van der Waals surface area contributed by atoms with Gasteiger partial charge in [0.15, 0.2) is 5.84 Å². The van der Waals surface area contributed by atoms with Gasteiger partial charge < -0.3 is 14.2 Å². The average molecular weight is 694 g/mol. The maximum Gasteiger partial charge on any atom is 0.159 e. The van der Waals surface area contributed by atoms with Gasteiger partial charge in [-0.25, -0.2) is 9.98 Å². The van der Waals surface area contributed by atoms with Gasteiger partial charge in [0.1, 0.15) is 34.3 Å². The number of aliphatic imine (C=N–C) groups is 2. The minimum atomic E-state index is -0.429. The van der Waals surface area contributed by atoms with E-state index >= 15 is 0 Å². The molecule has 11 rings (SSSR count). The standard InChI is InChI=1S/C49H31N3O2/c1-2-11-30(12-3-1)32-23-26-33(27-24-32)47-50-48(35-28-25-31-13-4-5-14-34(31)29-35)52-49(51-47)40-19-10-22-43-45(40)39-18-8-17-37(46(39)54-43)36-16-9-21-42-44(36)38-15-6-7-20-41(38)53-42/h1-29,49H,(H,50,51,52). The van der Waals surface area contributed by atoms with Crippen molar-refractivity contribution < 1.29 is 8.83 Å². The quantitative estimate of drug-likeness (QED) is 0.195. The summed E-state index contributed by atoms with van der Waals surface area (Å²) in [6.45, 7) is 0. The molecule has 0 fully saturated rings. The van der Waals surface area contributed by atoms with Crippen molar-refractivity contribution in [2.45, 2.75) is 6.17 Å². The minimum absolute atomic E-state index is 0.429. The molecule has 1 atom stereocenters. The first kappa shape index (κ1) is 30.4. The topological polar surface area (TPSA) is 63.0 Å². The predicted molar refractivity (Wildman–Crippen MR) is 221 cm³/mol. The van der Waals surface area contributed by atoms with Crippen LogP contribution >= 0.6 is 0 Å². The Morgan fingerprint density at radius 3 is 1.98 bits per heavy atom. The Balaban J connectivity index is 1.07. The molecular formula is C49H31N3O2.